The molecule has 21 heavy (non-hydrogen) atoms. The van der Waals surface area contributed by atoms with Crippen LogP contribution in [0.3, 0.4) is 0 Å². The molecule has 0 radical (unpaired) electrons. The van der Waals surface area contributed by atoms with Crippen LogP contribution in [0.15, 0.2) is 32.5 Å². The topological polar surface area (TPSA) is 12.0 Å². The summed E-state index contributed by atoms with van der Waals surface area (Å²) in [6, 6.07) is 6.00. The molecule has 0 spiro atoms. The highest BCUT2D eigenvalue weighted by molar-refractivity contribution is 9.11. The number of rotatable bonds is 3. The summed E-state index contributed by atoms with van der Waals surface area (Å²) in [5.74, 6) is 0. The van der Waals surface area contributed by atoms with Crippen LogP contribution in [0.1, 0.15) is 27.6 Å². The standard InChI is InChI=1S/C14H12Br2F3NS/c1-7-9(6-12(16)21-7)13(20-2)8-3-4-11(15)10(5-8)14(17,18)19/h3-6,13,20H,1-2H3. The number of aryl methyl sites for hydroxylation is 1. The molecular formula is C14H12Br2F3NS. The fraction of sp³-hybridized carbons (Fsp3) is 0.286. The normalized spacial score (nSPS) is 13.5. The number of halogens is 5. The summed E-state index contributed by atoms with van der Waals surface area (Å²) in [7, 11) is 1.74. The van der Waals surface area contributed by atoms with Gasteiger partial charge in [0, 0.05) is 9.35 Å². The second-order valence-corrected chi connectivity index (χ2v) is 8.01. The highest BCUT2D eigenvalue weighted by atomic mass is 79.9. The zero-order chi connectivity index (χ0) is 15.8. The molecule has 1 atom stereocenters. The van der Waals surface area contributed by atoms with Crippen LogP contribution in [-0.2, 0) is 6.18 Å². The molecule has 0 aliphatic heterocycles. The predicted octanol–water partition coefficient (Wildman–Crippen LogP) is 5.91. The van der Waals surface area contributed by atoms with Gasteiger partial charge in [-0.3, -0.25) is 0 Å². The quantitative estimate of drug-likeness (QED) is 0.623. The largest absolute Gasteiger partial charge is 0.417 e. The summed E-state index contributed by atoms with van der Waals surface area (Å²) in [6.45, 7) is 1.96. The van der Waals surface area contributed by atoms with E-state index in [1.54, 1.807) is 24.5 Å². The smallest absolute Gasteiger partial charge is 0.309 e. The summed E-state index contributed by atoms with van der Waals surface area (Å²) in [6.07, 6.45) is -4.38. The van der Waals surface area contributed by atoms with Gasteiger partial charge in [-0.15, -0.1) is 11.3 Å². The van der Waals surface area contributed by atoms with Crippen LogP contribution in [-0.4, -0.2) is 7.05 Å². The van der Waals surface area contributed by atoms with E-state index >= 15 is 0 Å². The molecule has 2 aromatic rings. The maximum atomic E-state index is 13.0. The van der Waals surface area contributed by atoms with Crippen molar-refractivity contribution in [2.45, 2.75) is 19.1 Å². The van der Waals surface area contributed by atoms with Gasteiger partial charge < -0.3 is 5.32 Å². The molecule has 1 heterocycles. The van der Waals surface area contributed by atoms with Crippen molar-refractivity contribution in [2.24, 2.45) is 0 Å². The lowest BCUT2D eigenvalue weighted by Crippen LogP contribution is -2.19. The molecule has 1 nitrogen and oxygen atoms in total. The summed E-state index contributed by atoms with van der Waals surface area (Å²) >= 11 is 7.95. The number of nitrogens with one attached hydrogen (secondary N) is 1. The van der Waals surface area contributed by atoms with Gasteiger partial charge in [-0.05, 0) is 59.2 Å². The van der Waals surface area contributed by atoms with E-state index in [1.807, 2.05) is 13.0 Å². The Kier molecular flexibility index (Phi) is 5.18. The van der Waals surface area contributed by atoms with E-state index < -0.39 is 11.7 Å². The van der Waals surface area contributed by atoms with Crippen LogP contribution in [0, 0.1) is 6.92 Å². The molecule has 0 aliphatic rings. The summed E-state index contributed by atoms with van der Waals surface area (Å²) in [4.78, 5) is 1.07. The molecule has 7 heteroatoms. The van der Waals surface area contributed by atoms with Crippen molar-refractivity contribution in [2.75, 3.05) is 7.05 Å². The Morgan fingerprint density at radius 2 is 1.86 bits per heavy atom. The molecule has 0 fully saturated rings. The lowest BCUT2D eigenvalue weighted by molar-refractivity contribution is -0.138. The molecular weight excluding hydrogens is 431 g/mol. The van der Waals surface area contributed by atoms with Crippen LogP contribution in [0.2, 0.25) is 0 Å². The minimum Gasteiger partial charge on any atom is -0.309 e. The van der Waals surface area contributed by atoms with Crippen molar-refractivity contribution in [3.05, 3.63) is 54.1 Å². The van der Waals surface area contributed by atoms with Crippen molar-refractivity contribution in [1.82, 2.24) is 5.32 Å². The number of alkyl halides is 3. The van der Waals surface area contributed by atoms with Gasteiger partial charge in [0.15, 0.2) is 0 Å². The second kappa shape index (κ2) is 6.40. The van der Waals surface area contributed by atoms with Crippen molar-refractivity contribution in [3.8, 4) is 0 Å². The average Bonchev–Trinajstić information content (AvgIpc) is 2.70. The molecule has 0 saturated carbocycles. The number of hydrogen-bond acceptors (Lipinski definition) is 2. The second-order valence-electron chi connectivity index (χ2n) is 4.52. The fourth-order valence-corrected chi connectivity index (χ4v) is 4.41. The van der Waals surface area contributed by atoms with Crippen LogP contribution in [0.4, 0.5) is 13.2 Å². The predicted molar refractivity (Wildman–Crippen MR) is 86.8 cm³/mol. The summed E-state index contributed by atoms with van der Waals surface area (Å²) < 4.78 is 40.1. The van der Waals surface area contributed by atoms with Crippen LogP contribution >= 0.6 is 43.2 Å². The monoisotopic (exact) mass is 441 g/mol. The SMILES string of the molecule is CNC(c1ccc(Br)c(C(F)(F)F)c1)c1cc(Br)sc1C. The van der Waals surface area contributed by atoms with Crippen LogP contribution in [0.25, 0.3) is 0 Å². The molecule has 0 saturated heterocycles. The Morgan fingerprint density at radius 1 is 1.19 bits per heavy atom. The minimum atomic E-state index is -4.38. The van der Waals surface area contributed by atoms with E-state index in [9.17, 15) is 13.2 Å². The minimum absolute atomic E-state index is 0.0526. The van der Waals surface area contributed by atoms with E-state index in [4.69, 9.17) is 0 Å². The Labute approximate surface area is 141 Å². The van der Waals surface area contributed by atoms with Crippen molar-refractivity contribution >= 4 is 43.2 Å². The van der Waals surface area contributed by atoms with Crippen molar-refractivity contribution in [1.29, 1.82) is 0 Å². The maximum Gasteiger partial charge on any atom is 0.417 e. The van der Waals surface area contributed by atoms with Gasteiger partial charge in [-0.2, -0.15) is 13.2 Å². The first kappa shape index (κ1) is 17.0. The Morgan fingerprint density at radius 3 is 2.33 bits per heavy atom. The molecule has 1 aromatic heterocycles. The van der Waals surface area contributed by atoms with Gasteiger partial charge in [-0.25, -0.2) is 0 Å². The average molecular weight is 443 g/mol. The molecule has 1 unspecified atom stereocenters. The molecule has 2 rings (SSSR count). The number of hydrogen-bond donors (Lipinski definition) is 1. The van der Waals surface area contributed by atoms with Crippen molar-refractivity contribution < 1.29 is 13.2 Å². The van der Waals surface area contributed by atoms with E-state index in [0.29, 0.717) is 5.56 Å². The van der Waals surface area contributed by atoms with Gasteiger partial charge in [0.25, 0.3) is 0 Å². The summed E-state index contributed by atoms with van der Waals surface area (Å²) in [5.41, 5.74) is 0.901. The highest BCUT2D eigenvalue weighted by Gasteiger charge is 2.33. The lowest BCUT2D eigenvalue weighted by Gasteiger charge is -2.19. The molecule has 1 N–H and O–H groups in total. The molecule has 0 amide bonds. The number of thiophene rings is 1. The van der Waals surface area contributed by atoms with E-state index in [-0.39, 0.29) is 10.5 Å². The van der Waals surface area contributed by atoms with Gasteiger partial charge in [0.1, 0.15) is 0 Å². The first-order chi connectivity index (χ1) is 9.74. The van der Waals surface area contributed by atoms with Gasteiger partial charge in [-0.1, -0.05) is 22.0 Å². The zero-order valence-electron chi connectivity index (χ0n) is 11.2. The fourth-order valence-electron chi connectivity index (χ4n) is 2.19. The molecule has 0 bridgehead atoms. The Bertz CT molecular complexity index is 652. The third-order valence-electron chi connectivity index (χ3n) is 3.15. The van der Waals surface area contributed by atoms with Crippen LogP contribution < -0.4 is 5.32 Å². The van der Waals surface area contributed by atoms with Gasteiger partial charge >= 0.3 is 6.18 Å². The van der Waals surface area contributed by atoms with Crippen LogP contribution in [0.5, 0.6) is 0 Å². The number of benzene rings is 1. The van der Waals surface area contributed by atoms with Gasteiger partial charge in [0.05, 0.1) is 15.4 Å². The van der Waals surface area contributed by atoms with E-state index in [0.717, 1.165) is 14.2 Å². The third kappa shape index (κ3) is 3.70. The Balaban J connectivity index is 2.51. The highest BCUT2D eigenvalue weighted by Crippen LogP contribution is 2.39. The van der Waals surface area contributed by atoms with E-state index in [2.05, 4.69) is 37.2 Å². The first-order valence-electron chi connectivity index (χ1n) is 6.03. The van der Waals surface area contributed by atoms with Crippen molar-refractivity contribution in [3.63, 3.8) is 0 Å². The Hall–Kier alpha value is -0.370. The molecule has 114 valence electrons. The molecule has 1 aromatic carbocycles. The molecule has 0 aliphatic carbocycles. The van der Waals surface area contributed by atoms with E-state index in [1.165, 1.54) is 12.1 Å². The first-order valence-corrected chi connectivity index (χ1v) is 8.44. The zero-order valence-corrected chi connectivity index (χ0v) is 15.2. The summed E-state index contributed by atoms with van der Waals surface area (Å²) in [5, 5.41) is 3.09. The lowest BCUT2D eigenvalue weighted by atomic mass is 9.98. The maximum absolute atomic E-state index is 13.0. The third-order valence-corrected chi connectivity index (χ3v) is 5.42. The van der Waals surface area contributed by atoms with Gasteiger partial charge in [0.2, 0.25) is 0 Å².